The molecule has 2 aliphatic heterocycles. The van der Waals surface area contributed by atoms with Crippen molar-refractivity contribution in [3.63, 3.8) is 0 Å². The topological polar surface area (TPSA) is 3.88 Å². The number of hydrogen-bond acceptors (Lipinski definition) is 0. The second-order valence-electron chi connectivity index (χ2n) is 9.50. The average molecular weight is 351 g/mol. The fraction of sp³-hybridized carbons (Fsp3) is 0.522. The van der Waals surface area contributed by atoms with Gasteiger partial charge in [-0.2, -0.15) is 4.57 Å². The van der Waals surface area contributed by atoms with Gasteiger partial charge in [-0.1, -0.05) is 26.9 Å². The summed E-state index contributed by atoms with van der Waals surface area (Å²) in [7, 11) is -1.68. The van der Waals surface area contributed by atoms with E-state index in [1.165, 1.54) is 27.9 Å². The molecule has 1 nitrogen and oxygen atoms in total. The zero-order valence-electron chi connectivity index (χ0n) is 17.7. The summed E-state index contributed by atoms with van der Waals surface area (Å²) in [6.07, 6.45) is 0. The lowest BCUT2D eigenvalue weighted by atomic mass is 9.82. The number of pyridine rings is 1. The van der Waals surface area contributed by atoms with Gasteiger partial charge < -0.3 is 0 Å². The van der Waals surface area contributed by atoms with Gasteiger partial charge in [0.05, 0.1) is 13.6 Å². The molecule has 0 saturated heterocycles. The maximum Gasteiger partial charge on any atom is 0.213 e. The highest BCUT2D eigenvalue weighted by Gasteiger charge is 2.55. The van der Waals surface area contributed by atoms with Crippen LogP contribution in [0.4, 0.5) is 0 Å². The van der Waals surface area contributed by atoms with E-state index in [-0.39, 0.29) is 5.04 Å². The summed E-state index contributed by atoms with van der Waals surface area (Å²) in [5, 5.41) is 1.97. The van der Waals surface area contributed by atoms with Gasteiger partial charge in [0, 0.05) is 23.2 Å². The third-order valence-corrected chi connectivity index (χ3v) is 13.5. The Morgan fingerprint density at radius 3 is 2.00 bits per heavy atom. The van der Waals surface area contributed by atoms with Crippen molar-refractivity contribution in [1.82, 2.24) is 0 Å². The van der Waals surface area contributed by atoms with Crippen LogP contribution in [0.2, 0.25) is 13.1 Å². The molecule has 0 saturated carbocycles. The molecule has 1 aromatic carbocycles. The van der Waals surface area contributed by atoms with Gasteiger partial charge in [0.25, 0.3) is 0 Å². The van der Waals surface area contributed by atoms with E-state index in [1.54, 1.807) is 33.1 Å². The van der Waals surface area contributed by atoms with Crippen LogP contribution < -0.4 is 9.75 Å². The van der Waals surface area contributed by atoms with Gasteiger partial charge in [0.2, 0.25) is 5.69 Å². The van der Waals surface area contributed by atoms with Gasteiger partial charge in [-0.25, -0.2) is 0 Å². The summed E-state index contributed by atoms with van der Waals surface area (Å²) >= 11 is 0. The van der Waals surface area contributed by atoms with Gasteiger partial charge in [-0.15, -0.1) is 0 Å². The van der Waals surface area contributed by atoms with Crippen LogP contribution in [-0.2, 0) is 11.6 Å². The molecular formula is C23H32NSi+. The van der Waals surface area contributed by atoms with E-state index in [0.717, 1.165) is 6.54 Å². The molecule has 2 aliphatic rings. The van der Waals surface area contributed by atoms with Crippen LogP contribution in [-0.4, -0.2) is 8.07 Å². The predicted octanol–water partition coefficient (Wildman–Crippen LogP) is 4.60. The molecule has 25 heavy (non-hydrogen) atoms. The summed E-state index contributed by atoms with van der Waals surface area (Å²) in [5.41, 5.74) is 15.5. The standard InChI is InChI=1S/C23H32NSi/c1-12-14(3)18-11-24-17(6)13(2)16(5)22-21(24)19(18)20(15(12)4)23(7,8)25(22,9)10/h11H2,1-10H3/q+1. The molecule has 3 heterocycles. The highest BCUT2D eigenvalue weighted by Crippen LogP contribution is 2.50. The number of aromatic nitrogens is 1. The molecule has 0 spiro atoms. The SMILES string of the molecule is Cc1c(C)c2c3c(c1C)C(C)(C)[Si](C)(C)c1c(C)c(C)c(C)[n+](c1-3)C2. The minimum absolute atomic E-state index is 0.251. The van der Waals surface area contributed by atoms with E-state index in [9.17, 15) is 0 Å². The van der Waals surface area contributed by atoms with Crippen molar-refractivity contribution in [3.05, 3.63) is 44.6 Å². The molecule has 0 radical (unpaired) electrons. The molecule has 132 valence electrons. The van der Waals surface area contributed by atoms with Crippen LogP contribution >= 0.6 is 0 Å². The van der Waals surface area contributed by atoms with Crippen molar-refractivity contribution in [2.45, 2.75) is 80.1 Å². The Hall–Kier alpha value is -1.41. The minimum Gasteiger partial charge on any atom is -0.191 e. The second-order valence-corrected chi connectivity index (χ2v) is 14.5. The first-order valence-corrected chi connectivity index (χ1v) is 12.6. The molecule has 0 atom stereocenters. The van der Waals surface area contributed by atoms with Crippen molar-refractivity contribution >= 4 is 13.3 Å². The summed E-state index contributed by atoms with van der Waals surface area (Å²) < 4.78 is 2.64. The first-order valence-electron chi connectivity index (χ1n) is 9.62. The van der Waals surface area contributed by atoms with Crippen LogP contribution in [0.1, 0.15) is 58.5 Å². The van der Waals surface area contributed by atoms with Crippen LogP contribution in [0.25, 0.3) is 11.3 Å². The fourth-order valence-electron chi connectivity index (χ4n) is 5.61. The molecule has 2 heteroatoms. The molecule has 4 rings (SSSR count). The number of nitrogens with zero attached hydrogens (tertiary/aromatic N) is 1. The lowest BCUT2D eigenvalue weighted by Crippen LogP contribution is -2.64. The zero-order valence-corrected chi connectivity index (χ0v) is 18.7. The number of hydrogen-bond donors (Lipinski definition) is 0. The third kappa shape index (κ3) is 1.68. The van der Waals surface area contributed by atoms with E-state index in [4.69, 9.17) is 0 Å². The minimum atomic E-state index is -1.68. The first-order chi connectivity index (χ1) is 11.4. The Morgan fingerprint density at radius 1 is 0.800 bits per heavy atom. The van der Waals surface area contributed by atoms with Crippen LogP contribution in [0.5, 0.6) is 0 Å². The van der Waals surface area contributed by atoms with Gasteiger partial charge in [0.15, 0.2) is 12.2 Å². The summed E-state index contributed by atoms with van der Waals surface area (Å²) in [4.78, 5) is 0. The molecule has 0 N–H and O–H groups in total. The van der Waals surface area contributed by atoms with Crippen LogP contribution in [0, 0.1) is 41.5 Å². The maximum atomic E-state index is 2.64. The molecule has 2 aromatic rings. The van der Waals surface area contributed by atoms with E-state index in [0.29, 0.717) is 0 Å². The van der Waals surface area contributed by atoms with Crippen molar-refractivity contribution < 1.29 is 4.57 Å². The fourth-order valence-corrected chi connectivity index (χ4v) is 9.15. The first kappa shape index (κ1) is 17.0. The quantitative estimate of drug-likeness (QED) is 0.412. The predicted molar refractivity (Wildman–Crippen MR) is 110 cm³/mol. The summed E-state index contributed by atoms with van der Waals surface area (Å²) in [5.74, 6) is 0. The van der Waals surface area contributed by atoms with E-state index in [2.05, 4.69) is 73.1 Å². The third-order valence-electron chi connectivity index (χ3n) is 8.26. The smallest absolute Gasteiger partial charge is 0.191 e. The lowest BCUT2D eigenvalue weighted by Gasteiger charge is -2.46. The molecule has 0 amide bonds. The molecule has 0 aliphatic carbocycles. The number of benzene rings is 1. The van der Waals surface area contributed by atoms with Crippen molar-refractivity contribution in [1.29, 1.82) is 0 Å². The van der Waals surface area contributed by atoms with Crippen LogP contribution in [0.3, 0.4) is 0 Å². The maximum absolute atomic E-state index is 2.64. The van der Waals surface area contributed by atoms with Gasteiger partial charge in [-0.3, -0.25) is 0 Å². The van der Waals surface area contributed by atoms with Crippen molar-refractivity contribution in [3.8, 4) is 11.3 Å². The Bertz CT molecular complexity index is 898. The van der Waals surface area contributed by atoms with Gasteiger partial charge in [-0.05, 0) is 67.5 Å². The monoisotopic (exact) mass is 350 g/mol. The second kappa shape index (κ2) is 4.65. The van der Waals surface area contributed by atoms with Crippen molar-refractivity contribution in [2.24, 2.45) is 0 Å². The Labute approximate surface area is 154 Å². The highest BCUT2D eigenvalue weighted by molar-refractivity contribution is 6.93. The highest BCUT2D eigenvalue weighted by atomic mass is 28.3. The molecular weight excluding hydrogens is 318 g/mol. The molecule has 0 fully saturated rings. The van der Waals surface area contributed by atoms with Gasteiger partial charge >= 0.3 is 0 Å². The molecule has 0 unspecified atom stereocenters. The Morgan fingerprint density at radius 2 is 1.40 bits per heavy atom. The van der Waals surface area contributed by atoms with E-state index < -0.39 is 8.07 Å². The van der Waals surface area contributed by atoms with Crippen molar-refractivity contribution in [2.75, 3.05) is 0 Å². The van der Waals surface area contributed by atoms with Gasteiger partial charge in [0.1, 0.15) is 0 Å². The largest absolute Gasteiger partial charge is 0.213 e. The molecule has 0 bridgehead atoms. The van der Waals surface area contributed by atoms with E-state index in [1.807, 2.05) is 0 Å². The Kier molecular flexibility index (Phi) is 3.16. The van der Waals surface area contributed by atoms with E-state index >= 15 is 0 Å². The van der Waals surface area contributed by atoms with Crippen LogP contribution in [0.15, 0.2) is 0 Å². The lowest BCUT2D eigenvalue weighted by molar-refractivity contribution is -0.678. The molecule has 1 aromatic heterocycles. The normalized spacial score (nSPS) is 18.5. The number of rotatable bonds is 0. The summed E-state index contributed by atoms with van der Waals surface area (Å²) in [6, 6.07) is 0. The summed E-state index contributed by atoms with van der Waals surface area (Å²) in [6.45, 7) is 25.4. The zero-order chi connectivity index (χ0) is 18.6. The Balaban J connectivity index is 2.33. The average Bonchev–Trinajstić information content (AvgIpc) is 2.89.